The fraction of sp³-hybridized carbons (Fsp3) is 0.400. The molecule has 6 heteroatoms. The van der Waals surface area contributed by atoms with E-state index in [4.69, 9.17) is 18.9 Å². The van der Waals surface area contributed by atoms with E-state index < -0.39 is 5.75 Å². The highest BCUT2D eigenvalue weighted by molar-refractivity contribution is 5.72. The SMILES string of the molecule is COc1c([O])c(OC)c(OC)c(O)c1OC. The van der Waals surface area contributed by atoms with Crippen LogP contribution < -0.4 is 18.9 Å². The van der Waals surface area contributed by atoms with Crippen molar-refractivity contribution in [3.63, 3.8) is 0 Å². The zero-order valence-electron chi connectivity index (χ0n) is 9.49. The van der Waals surface area contributed by atoms with Crippen LogP contribution in [0.4, 0.5) is 0 Å². The number of phenols is 1. The Balaban J connectivity index is 3.60. The molecular weight excluding hydrogens is 216 g/mol. The minimum absolute atomic E-state index is 0.0786. The summed E-state index contributed by atoms with van der Waals surface area (Å²) in [6.07, 6.45) is 0. The quantitative estimate of drug-likeness (QED) is 0.847. The predicted octanol–water partition coefficient (Wildman–Crippen LogP) is 1.57. The van der Waals surface area contributed by atoms with Crippen LogP contribution in [0.15, 0.2) is 0 Å². The summed E-state index contributed by atoms with van der Waals surface area (Å²) >= 11 is 0. The van der Waals surface area contributed by atoms with Crippen LogP contribution in [0.25, 0.3) is 0 Å². The Morgan fingerprint density at radius 3 is 1.31 bits per heavy atom. The number of ether oxygens (including phenoxy) is 4. The van der Waals surface area contributed by atoms with Crippen molar-refractivity contribution in [3.05, 3.63) is 0 Å². The molecule has 0 unspecified atom stereocenters. The number of phenolic OH excluding ortho intramolecular Hbond substituents is 1. The van der Waals surface area contributed by atoms with E-state index in [0.29, 0.717) is 0 Å². The van der Waals surface area contributed by atoms with Gasteiger partial charge in [0.15, 0.2) is 0 Å². The second-order valence-electron chi connectivity index (χ2n) is 2.81. The second-order valence-corrected chi connectivity index (χ2v) is 2.81. The molecule has 1 radical (unpaired) electrons. The smallest absolute Gasteiger partial charge is 0.270 e. The zero-order chi connectivity index (χ0) is 12.3. The molecule has 0 aliphatic carbocycles. The Hall–Kier alpha value is -1.98. The van der Waals surface area contributed by atoms with Crippen molar-refractivity contribution in [1.82, 2.24) is 0 Å². The van der Waals surface area contributed by atoms with Gasteiger partial charge in [-0.1, -0.05) is 0 Å². The molecule has 1 N–H and O–H groups in total. The molecule has 0 aliphatic heterocycles. The maximum Gasteiger partial charge on any atom is 0.270 e. The van der Waals surface area contributed by atoms with Gasteiger partial charge in [-0.3, -0.25) is 5.11 Å². The molecule has 1 rings (SSSR count). The lowest BCUT2D eigenvalue weighted by Gasteiger charge is -2.15. The first-order valence-corrected chi connectivity index (χ1v) is 4.38. The van der Waals surface area contributed by atoms with Gasteiger partial charge in [0, 0.05) is 0 Å². The van der Waals surface area contributed by atoms with Crippen molar-refractivity contribution in [2.75, 3.05) is 28.4 Å². The lowest BCUT2D eigenvalue weighted by atomic mass is 10.2. The van der Waals surface area contributed by atoms with Crippen molar-refractivity contribution < 1.29 is 29.2 Å². The summed E-state index contributed by atoms with van der Waals surface area (Å²) < 4.78 is 19.5. The van der Waals surface area contributed by atoms with E-state index in [1.54, 1.807) is 0 Å². The van der Waals surface area contributed by atoms with Crippen molar-refractivity contribution in [2.24, 2.45) is 0 Å². The largest absolute Gasteiger partial charge is 0.501 e. The van der Waals surface area contributed by atoms with E-state index in [-0.39, 0.29) is 28.7 Å². The fourth-order valence-corrected chi connectivity index (χ4v) is 1.38. The first kappa shape index (κ1) is 12.1. The number of rotatable bonds is 4. The van der Waals surface area contributed by atoms with Crippen LogP contribution in [0.2, 0.25) is 0 Å². The normalized spacial score (nSPS) is 9.75. The Bertz CT molecular complexity index is 317. The Morgan fingerprint density at radius 1 is 0.750 bits per heavy atom. The molecule has 0 aliphatic rings. The van der Waals surface area contributed by atoms with Crippen molar-refractivity contribution in [2.45, 2.75) is 0 Å². The molecule has 0 saturated heterocycles. The van der Waals surface area contributed by atoms with Crippen LogP contribution in [0, 0.1) is 0 Å². The highest BCUT2D eigenvalue weighted by atomic mass is 16.5. The predicted molar refractivity (Wildman–Crippen MR) is 54.4 cm³/mol. The Morgan fingerprint density at radius 2 is 1.06 bits per heavy atom. The molecule has 89 valence electrons. The van der Waals surface area contributed by atoms with Gasteiger partial charge in [0.2, 0.25) is 28.7 Å². The fourth-order valence-electron chi connectivity index (χ4n) is 1.38. The highest BCUT2D eigenvalue weighted by Gasteiger charge is 2.28. The molecule has 1 aromatic rings. The molecular formula is C10H13O6. The van der Waals surface area contributed by atoms with Crippen molar-refractivity contribution in [1.29, 1.82) is 0 Å². The summed E-state index contributed by atoms with van der Waals surface area (Å²) in [4.78, 5) is 0. The molecule has 6 nitrogen and oxygen atoms in total. The van der Waals surface area contributed by atoms with E-state index in [1.165, 1.54) is 28.4 Å². The average molecular weight is 229 g/mol. The van der Waals surface area contributed by atoms with Gasteiger partial charge in [-0.15, -0.1) is 0 Å². The molecule has 0 spiro atoms. The van der Waals surface area contributed by atoms with Crippen molar-refractivity contribution in [3.8, 4) is 34.5 Å². The maximum absolute atomic E-state index is 11.8. The summed E-state index contributed by atoms with van der Waals surface area (Å²) in [5.74, 6) is -1.29. The standard InChI is InChI=1S/C10H13O6/c1-13-7-5(11)9(15-3)10(16-4)6(12)8(7)14-2/h11H,1-4H3. The Labute approximate surface area is 92.9 Å². The molecule has 0 saturated carbocycles. The van der Waals surface area contributed by atoms with E-state index in [1.807, 2.05) is 0 Å². The number of benzene rings is 1. The monoisotopic (exact) mass is 229 g/mol. The third-order valence-corrected chi connectivity index (χ3v) is 2.07. The van der Waals surface area contributed by atoms with Gasteiger partial charge in [0.25, 0.3) is 5.75 Å². The summed E-state index contributed by atoms with van der Waals surface area (Å²) in [6.45, 7) is 0. The minimum atomic E-state index is -0.545. The first-order chi connectivity index (χ1) is 7.62. The third kappa shape index (κ3) is 1.62. The average Bonchev–Trinajstić information content (AvgIpc) is 2.30. The van der Waals surface area contributed by atoms with Crippen LogP contribution in [-0.2, 0) is 5.11 Å². The van der Waals surface area contributed by atoms with Gasteiger partial charge < -0.3 is 24.1 Å². The summed E-state index contributed by atoms with van der Waals surface area (Å²) in [6, 6.07) is 0. The number of hydrogen-bond acceptors (Lipinski definition) is 5. The molecule has 16 heavy (non-hydrogen) atoms. The van der Waals surface area contributed by atoms with Crippen LogP contribution in [0.5, 0.6) is 34.5 Å². The van der Waals surface area contributed by atoms with Crippen LogP contribution in [0.1, 0.15) is 0 Å². The lowest BCUT2D eigenvalue weighted by molar-refractivity contribution is 0.254. The summed E-state index contributed by atoms with van der Waals surface area (Å²) in [5.41, 5.74) is 0. The van der Waals surface area contributed by atoms with Gasteiger partial charge in [0.05, 0.1) is 28.4 Å². The van der Waals surface area contributed by atoms with E-state index in [9.17, 15) is 10.2 Å². The number of hydrogen-bond donors (Lipinski definition) is 1. The molecule has 0 fully saturated rings. The molecule has 0 heterocycles. The van der Waals surface area contributed by atoms with Gasteiger partial charge in [0.1, 0.15) is 0 Å². The van der Waals surface area contributed by atoms with Gasteiger partial charge in [-0.25, -0.2) is 0 Å². The van der Waals surface area contributed by atoms with E-state index in [0.717, 1.165) is 0 Å². The minimum Gasteiger partial charge on any atom is -0.501 e. The first-order valence-electron chi connectivity index (χ1n) is 4.38. The molecule has 1 aromatic carbocycles. The maximum atomic E-state index is 11.8. The summed E-state index contributed by atoms with van der Waals surface area (Å²) in [5, 5.41) is 21.6. The second kappa shape index (κ2) is 4.69. The molecule has 0 aromatic heterocycles. The van der Waals surface area contributed by atoms with Crippen molar-refractivity contribution >= 4 is 0 Å². The van der Waals surface area contributed by atoms with Crippen LogP contribution >= 0.6 is 0 Å². The summed E-state index contributed by atoms with van der Waals surface area (Å²) in [7, 11) is 5.21. The molecule has 0 atom stereocenters. The zero-order valence-corrected chi connectivity index (χ0v) is 9.49. The number of methoxy groups -OCH3 is 4. The van der Waals surface area contributed by atoms with Gasteiger partial charge >= 0.3 is 0 Å². The van der Waals surface area contributed by atoms with Gasteiger partial charge in [-0.05, 0) is 0 Å². The van der Waals surface area contributed by atoms with E-state index >= 15 is 0 Å². The topological polar surface area (TPSA) is 77.1 Å². The third-order valence-electron chi connectivity index (χ3n) is 2.07. The van der Waals surface area contributed by atoms with Gasteiger partial charge in [-0.2, -0.15) is 0 Å². The van der Waals surface area contributed by atoms with E-state index in [2.05, 4.69) is 0 Å². The number of aromatic hydroxyl groups is 1. The highest BCUT2D eigenvalue weighted by Crippen LogP contribution is 2.56. The Kier molecular flexibility index (Phi) is 3.55. The lowest BCUT2D eigenvalue weighted by Crippen LogP contribution is -1.97. The van der Waals surface area contributed by atoms with Crippen LogP contribution in [0.3, 0.4) is 0 Å². The molecule has 0 bridgehead atoms. The van der Waals surface area contributed by atoms with Crippen LogP contribution in [-0.4, -0.2) is 33.5 Å². The molecule has 0 amide bonds.